The summed E-state index contributed by atoms with van der Waals surface area (Å²) in [5.74, 6) is -6.64. The smallest absolute Gasteiger partial charge is 0.389 e. The Kier molecular flexibility index (Phi) is 10.9. The van der Waals surface area contributed by atoms with Gasteiger partial charge in [0.05, 0.1) is 31.9 Å². The van der Waals surface area contributed by atoms with Crippen LogP contribution >= 0.6 is 17.0 Å². The highest BCUT2D eigenvalue weighted by Gasteiger charge is 2.34. The van der Waals surface area contributed by atoms with Crippen LogP contribution in [0.3, 0.4) is 0 Å². The topological polar surface area (TPSA) is 141 Å². The van der Waals surface area contributed by atoms with Crippen LogP contribution in [-0.4, -0.2) is 60.2 Å². The molecule has 4 N–H and O–H groups in total. The normalized spacial score (nSPS) is 17.5. The number of aliphatic hydroxyl groups is 1. The van der Waals surface area contributed by atoms with Crippen LogP contribution in [0.2, 0.25) is 0 Å². The average molecular weight is 640 g/mol. The molecule has 0 saturated carbocycles. The quantitative estimate of drug-likeness (QED) is 0.214. The third kappa shape index (κ3) is 8.76. The molecule has 1 aromatic heterocycles. The summed E-state index contributed by atoms with van der Waals surface area (Å²) in [4.78, 5) is 34.0. The molecule has 10 nitrogen and oxygen atoms in total. The van der Waals surface area contributed by atoms with Crippen LogP contribution in [0.1, 0.15) is 54.1 Å². The molecule has 42 heavy (non-hydrogen) atoms. The summed E-state index contributed by atoms with van der Waals surface area (Å²) in [5.41, 5.74) is -1.10. The van der Waals surface area contributed by atoms with Crippen molar-refractivity contribution in [3.63, 3.8) is 0 Å². The highest BCUT2D eigenvalue weighted by Crippen LogP contribution is 2.37. The lowest BCUT2D eigenvalue weighted by molar-refractivity contribution is -0.0138. The van der Waals surface area contributed by atoms with E-state index < -0.39 is 48.7 Å². The molecule has 0 amide bonds. The number of nitrogens with one attached hydrogen (secondary N) is 1. The van der Waals surface area contributed by atoms with Crippen molar-refractivity contribution in [2.75, 3.05) is 25.9 Å². The van der Waals surface area contributed by atoms with E-state index in [-0.39, 0.29) is 34.2 Å². The van der Waals surface area contributed by atoms with Gasteiger partial charge in [0.2, 0.25) is 0 Å². The first kappa shape index (κ1) is 34.0. The van der Waals surface area contributed by atoms with E-state index in [2.05, 4.69) is 10.1 Å². The molecule has 1 fully saturated rings. The fraction of sp³-hybridized carbons (Fsp3) is 0.440. The highest BCUT2D eigenvalue weighted by atomic mass is 31.2. The van der Waals surface area contributed by atoms with Crippen molar-refractivity contribution in [2.24, 2.45) is 0 Å². The SMILES string of the molecule is C[C@@H](O)c1cc(C(C)(F)F)cc(C(F)(F)CP)c1.O=c1[nH]c(CN2CCOC[C@@H]2c2ccc(F)cc2)nn1P(=O)(O)O. The summed E-state index contributed by atoms with van der Waals surface area (Å²) in [7, 11) is -2.91. The Hall–Kier alpha value is -2.51. The lowest BCUT2D eigenvalue weighted by Gasteiger charge is -2.35. The molecular formula is C25H31F5N4O6P2. The maximum atomic E-state index is 13.5. The first-order valence-electron chi connectivity index (χ1n) is 12.5. The molecule has 0 bridgehead atoms. The van der Waals surface area contributed by atoms with E-state index in [9.17, 15) is 36.4 Å². The Morgan fingerprint density at radius 3 is 2.31 bits per heavy atom. The molecule has 0 aliphatic carbocycles. The zero-order valence-electron chi connectivity index (χ0n) is 22.6. The Morgan fingerprint density at radius 2 is 1.79 bits per heavy atom. The summed E-state index contributed by atoms with van der Waals surface area (Å²) < 4.78 is 83.4. The fourth-order valence-corrected chi connectivity index (χ4v) is 4.84. The van der Waals surface area contributed by atoms with E-state index in [1.165, 1.54) is 19.1 Å². The predicted molar refractivity (Wildman–Crippen MR) is 146 cm³/mol. The summed E-state index contributed by atoms with van der Waals surface area (Å²) in [6.45, 7) is 3.54. The van der Waals surface area contributed by atoms with Gasteiger partial charge in [0.25, 0.3) is 11.8 Å². The second kappa shape index (κ2) is 13.4. The lowest BCUT2D eigenvalue weighted by Crippen LogP contribution is -2.39. The Labute approximate surface area is 239 Å². The molecule has 232 valence electrons. The first-order chi connectivity index (χ1) is 19.4. The van der Waals surface area contributed by atoms with E-state index in [1.807, 2.05) is 14.1 Å². The number of nitrogens with zero attached hydrogens (tertiary/aromatic N) is 3. The fourth-order valence-electron chi connectivity index (χ4n) is 4.09. The number of benzene rings is 2. The number of aromatic amines is 1. The minimum absolute atomic E-state index is 0.0575. The first-order valence-corrected chi connectivity index (χ1v) is 14.9. The number of halogens is 5. The Bertz CT molecular complexity index is 1460. The second-order valence-corrected chi connectivity index (χ2v) is 11.5. The maximum Gasteiger partial charge on any atom is 0.454 e. The Balaban J connectivity index is 0.000000241. The standard InChI is InChI=1S/C13H16FN4O5P.C12H15F4OP/c14-10-3-1-9(2-4-10)11-8-23-6-5-17(11)7-12-15-13(19)18(16-12)24(20,21)22;1-7(17)8-3-9(11(2,13)14)5-10(4-8)12(15,16)6-18/h1-4,11H,5-8H2,(H,15,16,19)(H2,20,21,22);3-5,7,17H,6,18H2,1-2H3/t11-;7-/m11/s1. The largest absolute Gasteiger partial charge is 0.454 e. The zero-order valence-corrected chi connectivity index (χ0v) is 24.6. The maximum absolute atomic E-state index is 13.5. The van der Waals surface area contributed by atoms with E-state index >= 15 is 0 Å². The molecular weight excluding hydrogens is 609 g/mol. The predicted octanol–water partition coefficient (Wildman–Crippen LogP) is 4.04. The number of morpholine rings is 1. The number of alkyl halides is 4. The van der Waals surface area contributed by atoms with Crippen molar-refractivity contribution in [3.8, 4) is 0 Å². The summed E-state index contributed by atoms with van der Waals surface area (Å²) in [6, 6.07) is 8.73. The van der Waals surface area contributed by atoms with Crippen molar-refractivity contribution in [2.45, 2.75) is 44.4 Å². The lowest BCUT2D eigenvalue weighted by atomic mass is 9.97. The number of ether oxygens (including phenoxy) is 1. The van der Waals surface area contributed by atoms with Gasteiger partial charge in [-0.3, -0.25) is 9.88 Å². The zero-order chi connectivity index (χ0) is 31.5. The van der Waals surface area contributed by atoms with Gasteiger partial charge in [-0.15, -0.1) is 18.8 Å². The number of aliphatic hydroxyl groups excluding tert-OH is 1. The molecule has 2 aromatic carbocycles. The molecule has 17 heteroatoms. The van der Waals surface area contributed by atoms with E-state index in [4.69, 9.17) is 14.5 Å². The van der Waals surface area contributed by atoms with Crippen molar-refractivity contribution < 1.29 is 46.1 Å². The van der Waals surface area contributed by atoms with Gasteiger partial charge in [-0.1, -0.05) is 12.1 Å². The van der Waals surface area contributed by atoms with E-state index in [0.29, 0.717) is 26.7 Å². The van der Waals surface area contributed by atoms with E-state index in [0.717, 1.165) is 23.8 Å². The van der Waals surface area contributed by atoms with Gasteiger partial charge in [-0.2, -0.15) is 0 Å². The molecule has 0 spiro atoms. The molecule has 0 radical (unpaired) electrons. The van der Waals surface area contributed by atoms with Gasteiger partial charge in [0.15, 0.2) is 0 Å². The number of aromatic nitrogens is 3. The third-order valence-electron chi connectivity index (χ3n) is 6.37. The van der Waals surface area contributed by atoms with E-state index in [1.54, 1.807) is 12.1 Å². The highest BCUT2D eigenvalue weighted by molar-refractivity contribution is 7.49. The minimum atomic E-state index is -4.79. The van der Waals surface area contributed by atoms with Gasteiger partial charge in [-0.05, 0) is 48.4 Å². The summed E-state index contributed by atoms with van der Waals surface area (Å²) >= 11 is 0. The molecule has 2 heterocycles. The van der Waals surface area contributed by atoms with Crippen molar-refractivity contribution in [1.29, 1.82) is 0 Å². The van der Waals surface area contributed by atoms with Crippen LogP contribution in [0.5, 0.6) is 0 Å². The van der Waals surface area contributed by atoms with Crippen LogP contribution in [0.25, 0.3) is 0 Å². The van der Waals surface area contributed by atoms with Crippen LogP contribution in [0.4, 0.5) is 22.0 Å². The molecule has 1 unspecified atom stereocenters. The third-order valence-corrected chi connectivity index (χ3v) is 7.64. The number of hydrogen-bond donors (Lipinski definition) is 4. The monoisotopic (exact) mass is 640 g/mol. The van der Waals surface area contributed by atoms with Crippen LogP contribution < -0.4 is 5.69 Å². The van der Waals surface area contributed by atoms with Crippen molar-refractivity contribution in [3.05, 3.63) is 86.8 Å². The van der Waals surface area contributed by atoms with Gasteiger partial charge in [0.1, 0.15) is 11.6 Å². The second-order valence-electron chi connectivity index (χ2n) is 9.71. The van der Waals surface area contributed by atoms with Crippen LogP contribution in [0, 0.1) is 5.82 Å². The molecule has 3 aromatic rings. The van der Waals surface area contributed by atoms with Crippen LogP contribution in [-0.2, 0) is 27.7 Å². The molecule has 1 aliphatic heterocycles. The number of rotatable bonds is 8. The molecule has 3 atom stereocenters. The van der Waals surface area contributed by atoms with Gasteiger partial charge < -0.3 is 19.6 Å². The summed E-state index contributed by atoms with van der Waals surface area (Å²) in [6.07, 6.45) is -1.64. The van der Waals surface area contributed by atoms with Crippen LogP contribution in [0.15, 0.2) is 47.3 Å². The Morgan fingerprint density at radius 1 is 1.17 bits per heavy atom. The number of hydrogen-bond acceptors (Lipinski definition) is 6. The number of H-pyrrole nitrogens is 1. The van der Waals surface area contributed by atoms with Gasteiger partial charge in [0, 0.05) is 30.8 Å². The van der Waals surface area contributed by atoms with Gasteiger partial charge in [-0.25, -0.2) is 31.3 Å². The van der Waals surface area contributed by atoms with Crippen molar-refractivity contribution >= 4 is 17.0 Å². The average Bonchev–Trinajstić information content (AvgIpc) is 3.29. The molecule has 1 saturated heterocycles. The minimum Gasteiger partial charge on any atom is -0.389 e. The molecule has 1 aliphatic rings. The van der Waals surface area contributed by atoms with Gasteiger partial charge >= 0.3 is 13.4 Å². The summed E-state index contributed by atoms with van der Waals surface area (Å²) in [5, 5.41) is 13.0. The molecule has 4 rings (SSSR count). The van der Waals surface area contributed by atoms with Crippen molar-refractivity contribution in [1.82, 2.24) is 19.4 Å².